The molecule has 1 aromatic rings. The number of nitrogens with zero attached hydrogens (tertiary/aromatic N) is 1. The van der Waals surface area contributed by atoms with Crippen molar-refractivity contribution in [2.75, 3.05) is 12.4 Å². The molecule has 0 aromatic heterocycles. The van der Waals surface area contributed by atoms with Gasteiger partial charge in [0.05, 0.1) is 11.1 Å². The quantitative estimate of drug-likeness (QED) is 0.545. The predicted molar refractivity (Wildman–Crippen MR) is 83.2 cm³/mol. The summed E-state index contributed by atoms with van der Waals surface area (Å²) in [6.07, 6.45) is 0. The van der Waals surface area contributed by atoms with Gasteiger partial charge in [-0.1, -0.05) is 27.7 Å². The lowest BCUT2D eigenvalue weighted by Gasteiger charge is -2.10. The number of rotatable bonds is 1. The zero-order valence-corrected chi connectivity index (χ0v) is 13.6. The van der Waals surface area contributed by atoms with Crippen LogP contribution in [0.2, 0.25) is 0 Å². The van der Waals surface area contributed by atoms with E-state index < -0.39 is 29.2 Å². The van der Waals surface area contributed by atoms with Gasteiger partial charge in [0.25, 0.3) is 11.8 Å². The number of carbonyl (C=O) groups is 3. The first-order valence-electron chi connectivity index (χ1n) is 7.03. The molecule has 7 nitrogen and oxygen atoms in total. The van der Waals surface area contributed by atoms with Crippen LogP contribution in [-0.4, -0.2) is 39.9 Å². The van der Waals surface area contributed by atoms with Crippen LogP contribution in [0.3, 0.4) is 0 Å². The molecular weight excluding hydrogens is 288 g/mol. The minimum atomic E-state index is -0.644. The second-order valence-corrected chi connectivity index (χ2v) is 3.89. The summed E-state index contributed by atoms with van der Waals surface area (Å²) in [5, 5.41) is 21.4. The molecule has 1 heterocycles. The highest BCUT2D eigenvalue weighted by molar-refractivity contribution is 6.25. The van der Waals surface area contributed by atoms with Crippen LogP contribution in [0.15, 0.2) is 6.07 Å². The molecule has 0 unspecified atom stereocenters. The summed E-state index contributed by atoms with van der Waals surface area (Å²) in [7, 11) is 1.27. The van der Waals surface area contributed by atoms with Crippen LogP contribution >= 0.6 is 0 Å². The van der Waals surface area contributed by atoms with E-state index in [1.807, 2.05) is 27.7 Å². The summed E-state index contributed by atoms with van der Waals surface area (Å²) < 4.78 is 0. The van der Waals surface area contributed by atoms with Crippen molar-refractivity contribution in [3.05, 3.63) is 17.2 Å². The fourth-order valence-corrected chi connectivity index (χ4v) is 1.79. The normalized spacial score (nSPS) is 11.8. The smallest absolute Gasteiger partial charge is 0.263 e. The molecule has 0 spiro atoms. The predicted octanol–water partition coefficient (Wildman–Crippen LogP) is 2.33. The molecule has 1 aromatic carbocycles. The highest BCUT2D eigenvalue weighted by atomic mass is 16.3. The molecule has 1 aliphatic heterocycles. The maximum Gasteiger partial charge on any atom is 0.263 e. The van der Waals surface area contributed by atoms with E-state index in [2.05, 4.69) is 5.32 Å². The molecule has 0 aliphatic carbocycles. The average molecular weight is 310 g/mol. The van der Waals surface area contributed by atoms with Crippen molar-refractivity contribution in [1.29, 1.82) is 0 Å². The van der Waals surface area contributed by atoms with Gasteiger partial charge in [-0.25, -0.2) is 0 Å². The van der Waals surface area contributed by atoms with Gasteiger partial charge in [-0.3, -0.25) is 19.3 Å². The van der Waals surface area contributed by atoms with Gasteiger partial charge >= 0.3 is 0 Å². The highest BCUT2D eigenvalue weighted by Crippen LogP contribution is 2.41. The number of nitrogens with one attached hydrogen (secondary N) is 1. The Labute approximate surface area is 129 Å². The van der Waals surface area contributed by atoms with E-state index in [1.165, 1.54) is 14.0 Å². The number of carbonyl (C=O) groups excluding carboxylic acids is 3. The topological polar surface area (TPSA) is 107 Å². The third-order valence-electron chi connectivity index (χ3n) is 2.63. The molecule has 0 saturated carbocycles. The van der Waals surface area contributed by atoms with Crippen molar-refractivity contribution in [2.45, 2.75) is 34.6 Å². The number of imide groups is 1. The van der Waals surface area contributed by atoms with Gasteiger partial charge in [-0.05, 0) is 6.07 Å². The highest BCUT2D eigenvalue weighted by Gasteiger charge is 2.37. The molecule has 7 heteroatoms. The number of amides is 3. The first-order valence-corrected chi connectivity index (χ1v) is 7.03. The minimum absolute atomic E-state index is 0.0541. The van der Waals surface area contributed by atoms with E-state index in [1.54, 1.807) is 0 Å². The van der Waals surface area contributed by atoms with Crippen molar-refractivity contribution in [3.8, 4) is 11.5 Å². The van der Waals surface area contributed by atoms with Gasteiger partial charge in [0.15, 0.2) is 11.5 Å². The zero-order valence-electron chi connectivity index (χ0n) is 13.6. The lowest BCUT2D eigenvalue weighted by atomic mass is 10.1. The van der Waals surface area contributed by atoms with E-state index in [0.717, 1.165) is 11.0 Å². The Kier molecular flexibility index (Phi) is 7.08. The van der Waals surface area contributed by atoms with Crippen LogP contribution in [0.1, 0.15) is 55.3 Å². The second-order valence-electron chi connectivity index (χ2n) is 3.89. The lowest BCUT2D eigenvalue weighted by molar-refractivity contribution is -0.114. The number of benzene rings is 1. The number of fused-ring (bicyclic) bond motifs is 1. The van der Waals surface area contributed by atoms with Gasteiger partial charge in [-0.2, -0.15) is 0 Å². The fraction of sp³-hybridized carbons (Fsp3) is 0.400. The van der Waals surface area contributed by atoms with E-state index in [4.69, 9.17) is 0 Å². The van der Waals surface area contributed by atoms with Crippen molar-refractivity contribution < 1.29 is 24.6 Å². The van der Waals surface area contributed by atoms with Crippen LogP contribution in [0, 0.1) is 0 Å². The Morgan fingerprint density at radius 3 is 2.05 bits per heavy atom. The average Bonchev–Trinajstić information content (AvgIpc) is 2.72. The molecule has 2 rings (SSSR count). The molecule has 0 radical (unpaired) electrons. The van der Waals surface area contributed by atoms with Gasteiger partial charge in [0.1, 0.15) is 5.69 Å². The number of phenolic OH excluding ortho intramolecular Hbond substituents is 2. The summed E-state index contributed by atoms with van der Waals surface area (Å²) in [5.74, 6) is -2.99. The minimum Gasteiger partial charge on any atom is -0.504 e. The van der Waals surface area contributed by atoms with Crippen LogP contribution in [0.4, 0.5) is 5.69 Å². The molecule has 3 N–H and O–H groups in total. The molecule has 0 atom stereocenters. The summed E-state index contributed by atoms with van der Waals surface area (Å²) in [5.41, 5.74) is -0.422. The number of phenols is 2. The van der Waals surface area contributed by atoms with Crippen molar-refractivity contribution in [2.24, 2.45) is 0 Å². The summed E-state index contributed by atoms with van der Waals surface area (Å²) in [6.45, 7) is 9.18. The van der Waals surface area contributed by atoms with E-state index in [0.29, 0.717) is 0 Å². The van der Waals surface area contributed by atoms with E-state index in [-0.39, 0.29) is 16.8 Å². The molecule has 1 aliphatic rings. The number of hydrogen-bond donors (Lipinski definition) is 3. The van der Waals surface area contributed by atoms with Crippen LogP contribution in [0.25, 0.3) is 0 Å². The van der Waals surface area contributed by atoms with Gasteiger partial charge in [0, 0.05) is 14.0 Å². The molecule has 0 fully saturated rings. The Bertz CT molecular complexity index is 596. The van der Waals surface area contributed by atoms with Gasteiger partial charge < -0.3 is 15.5 Å². The molecule has 3 amide bonds. The lowest BCUT2D eigenvalue weighted by Crippen LogP contribution is -2.24. The summed E-state index contributed by atoms with van der Waals surface area (Å²) in [6, 6.07) is 1.000. The molecule has 22 heavy (non-hydrogen) atoms. The largest absolute Gasteiger partial charge is 0.504 e. The van der Waals surface area contributed by atoms with Crippen LogP contribution in [-0.2, 0) is 4.79 Å². The first-order chi connectivity index (χ1) is 10.3. The Balaban J connectivity index is 0.00000102. The maximum absolute atomic E-state index is 11.8. The summed E-state index contributed by atoms with van der Waals surface area (Å²) in [4.78, 5) is 35.4. The van der Waals surface area contributed by atoms with Gasteiger partial charge in [0.2, 0.25) is 5.91 Å². The number of aromatic hydroxyl groups is 2. The number of anilines is 1. The Hall–Kier alpha value is -2.57. The summed E-state index contributed by atoms with van der Waals surface area (Å²) >= 11 is 0. The van der Waals surface area contributed by atoms with Crippen LogP contribution in [0.5, 0.6) is 11.5 Å². The first kappa shape index (κ1) is 19.4. The van der Waals surface area contributed by atoms with E-state index >= 15 is 0 Å². The molecular formula is C15H22N2O5. The Morgan fingerprint density at radius 1 is 1.09 bits per heavy atom. The molecule has 0 bridgehead atoms. The zero-order chi connectivity index (χ0) is 17.6. The monoisotopic (exact) mass is 310 g/mol. The maximum atomic E-state index is 11.8. The second kappa shape index (κ2) is 8.02. The van der Waals surface area contributed by atoms with Gasteiger partial charge in [-0.15, -0.1) is 0 Å². The van der Waals surface area contributed by atoms with Crippen LogP contribution < -0.4 is 5.32 Å². The standard InChI is InChI=1S/C11H10N2O5.2C2H6/c1-4(14)12-8-7-5(3-6(15)9(8)16)10(17)13(2)11(7)18;2*1-2/h3,15-16H,1-2H3,(H,12,14);2*1-2H3. The SMILES string of the molecule is CC.CC.CC(=O)Nc1c(O)c(O)cc2c1C(=O)N(C)C2=O. The third kappa shape index (κ3) is 3.36. The fourth-order valence-electron chi connectivity index (χ4n) is 1.79. The number of hydrogen-bond acceptors (Lipinski definition) is 5. The van der Waals surface area contributed by atoms with Crippen molar-refractivity contribution in [1.82, 2.24) is 4.90 Å². The van der Waals surface area contributed by atoms with Crippen molar-refractivity contribution in [3.63, 3.8) is 0 Å². The Morgan fingerprint density at radius 2 is 1.59 bits per heavy atom. The van der Waals surface area contributed by atoms with Crippen molar-refractivity contribution >= 4 is 23.4 Å². The van der Waals surface area contributed by atoms with E-state index in [9.17, 15) is 24.6 Å². The third-order valence-corrected chi connectivity index (χ3v) is 2.63. The molecule has 122 valence electrons. The molecule has 0 saturated heterocycles.